The molecule has 4 N–H and O–H groups in total. The van der Waals surface area contributed by atoms with E-state index in [1.807, 2.05) is 25.2 Å². The van der Waals surface area contributed by atoms with Crippen LogP contribution in [0, 0.1) is 5.41 Å². The largest absolute Gasteiger partial charge is 0.496 e. The zero-order chi connectivity index (χ0) is 26.8. The second-order valence-corrected chi connectivity index (χ2v) is 9.25. The van der Waals surface area contributed by atoms with Gasteiger partial charge in [0.05, 0.1) is 7.11 Å². The Kier molecular flexibility index (Phi) is 10.3. The number of ether oxygens (including phenoxy) is 1. The molecule has 0 radical (unpaired) electrons. The molecule has 7 nitrogen and oxygen atoms in total. The number of anilines is 1. The molecule has 1 atom stereocenters. The first kappa shape index (κ1) is 28.5. The molecule has 1 aliphatic rings. The molecule has 37 heavy (non-hydrogen) atoms. The van der Waals surface area contributed by atoms with Crippen LogP contribution in [0.1, 0.15) is 36.3 Å². The number of hydrogen-bond donors (Lipinski definition) is 4. The van der Waals surface area contributed by atoms with Crippen molar-refractivity contribution in [3.63, 3.8) is 0 Å². The second-order valence-electron chi connectivity index (χ2n) is 9.25. The summed E-state index contributed by atoms with van der Waals surface area (Å²) in [7, 11) is 3.45. The summed E-state index contributed by atoms with van der Waals surface area (Å²) >= 11 is 0. The van der Waals surface area contributed by atoms with Crippen molar-refractivity contribution in [1.82, 2.24) is 15.5 Å². The molecule has 2 aromatic carbocycles. The van der Waals surface area contributed by atoms with E-state index in [1.165, 1.54) is 7.11 Å². The van der Waals surface area contributed by atoms with E-state index in [2.05, 4.69) is 20.9 Å². The van der Waals surface area contributed by atoms with Crippen molar-refractivity contribution in [3.8, 4) is 5.75 Å². The van der Waals surface area contributed by atoms with Crippen LogP contribution in [-0.2, 0) is 11.3 Å². The number of piperidine rings is 1. The van der Waals surface area contributed by atoms with Crippen LogP contribution >= 0.6 is 0 Å². The summed E-state index contributed by atoms with van der Waals surface area (Å²) in [5.74, 6) is 0.294. The predicted molar refractivity (Wildman–Crippen MR) is 139 cm³/mol. The molecular formula is C27H36F3N5O2. The summed E-state index contributed by atoms with van der Waals surface area (Å²) in [6, 6.07) is 13.4. The van der Waals surface area contributed by atoms with Crippen molar-refractivity contribution in [3.05, 3.63) is 59.7 Å². The standard InChI is InChI=1S/C27H36F3N5O2/c1-32-12-15-35-13-10-19(11-14-35)20-7-5-8-22(16-20)34-23(17-25(31)27(28,29)30)26(36)33-18-21-6-3-4-9-24(21)37-2/h3-9,16,19,23,31-32,34H,10-15,17-18H2,1-2H3,(H,33,36). The number of carbonyl (C=O) groups excluding carboxylic acids is 1. The van der Waals surface area contributed by atoms with Crippen molar-refractivity contribution in [2.45, 2.75) is 43.9 Å². The maximum atomic E-state index is 13.2. The number of amides is 1. The highest BCUT2D eigenvalue weighted by molar-refractivity contribution is 5.94. The highest BCUT2D eigenvalue weighted by Gasteiger charge is 2.37. The molecule has 1 fully saturated rings. The number of alkyl halides is 3. The Bertz CT molecular complexity index is 1040. The summed E-state index contributed by atoms with van der Waals surface area (Å²) in [6.07, 6.45) is -3.59. The van der Waals surface area contributed by atoms with Crippen LogP contribution in [0.25, 0.3) is 0 Å². The summed E-state index contributed by atoms with van der Waals surface area (Å²) in [5.41, 5.74) is 0.897. The van der Waals surface area contributed by atoms with E-state index < -0.39 is 30.3 Å². The number of para-hydroxylation sites is 1. The van der Waals surface area contributed by atoms with Gasteiger partial charge < -0.3 is 31.0 Å². The molecule has 0 spiro atoms. The lowest BCUT2D eigenvalue weighted by atomic mass is 9.89. The zero-order valence-corrected chi connectivity index (χ0v) is 21.3. The average molecular weight is 520 g/mol. The minimum atomic E-state index is -4.80. The van der Waals surface area contributed by atoms with Gasteiger partial charge in [0.2, 0.25) is 5.91 Å². The number of nitrogens with one attached hydrogen (secondary N) is 4. The van der Waals surface area contributed by atoms with E-state index in [0.717, 1.165) is 44.6 Å². The van der Waals surface area contributed by atoms with Crippen molar-refractivity contribution in [1.29, 1.82) is 5.41 Å². The quantitative estimate of drug-likeness (QED) is 0.316. The van der Waals surface area contributed by atoms with Crippen LogP contribution in [0.2, 0.25) is 0 Å². The maximum absolute atomic E-state index is 13.2. The Morgan fingerprint density at radius 1 is 1.16 bits per heavy atom. The van der Waals surface area contributed by atoms with Gasteiger partial charge in [-0.1, -0.05) is 30.3 Å². The SMILES string of the molecule is CNCCN1CCC(c2cccc(NC(CC(=N)C(F)(F)F)C(=O)NCc3ccccc3OC)c2)CC1. The second kappa shape index (κ2) is 13.4. The highest BCUT2D eigenvalue weighted by atomic mass is 19.4. The molecule has 1 amide bonds. The lowest BCUT2D eigenvalue weighted by molar-refractivity contribution is -0.122. The molecule has 1 saturated heterocycles. The van der Waals surface area contributed by atoms with Gasteiger partial charge >= 0.3 is 6.18 Å². The first-order chi connectivity index (χ1) is 17.7. The Morgan fingerprint density at radius 2 is 1.89 bits per heavy atom. The third-order valence-corrected chi connectivity index (χ3v) is 6.68. The Balaban J connectivity index is 1.70. The van der Waals surface area contributed by atoms with Crippen LogP contribution in [0.4, 0.5) is 18.9 Å². The minimum absolute atomic E-state index is 0.0898. The molecule has 1 heterocycles. The van der Waals surface area contributed by atoms with Crippen LogP contribution in [0.15, 0.2) is 48.5 Å². The number of likely N-dealkylation sites (tertiary alicyclic amines) is 1. The van der Waals surface area contributed by atoms with Gasteiger partial charge in [-0.25, -0.2) is 0 Å². The molecule has 202 valence electrons. The van der Waals surface area contributed by atoms with E-state index in [-0.39, 0.29) is 6.54 Å². The molecule has 2 aromatic rings. The Morgan fingerprint density at radius 3 is 2.57 bits per heavy atom. The van der Waals surface area contributed by atoms with Gasteiger partial charge in [-0.05, 0) is 62.7 Å². The van der Waals surface area contributed by atoms with E-state index in [9.17, 15) is 18.0 Å². The molecule has 10 heteroatoms. The van der Waals surface area contributed by atoms with Crippen molar-refractivity contribution < 1.29 is 22.7 Å². The molecule has 1 unspecified atom stereocenters. The highest BCUT2D eigenvalue weighted by Crippen LogP contribution is 2.30. The number of benzene rings is 2. The predicted octanol–water partition coefficient (Wildman–Crippen LogP) is 4.16. The van der Waals surface area contributed by atoms with Gasteiger partial charge in [-0.15, -0.1) is 0 Å². The van der Waals surface area contributed by atoms with Crippen molar-refractivity contribution in [2.75, 3.05) is 45.7 Å². The molecule has 3 rings (SSSR count). The topological polar surface area (TPSA) is 89.5 Å². The smallest absolute Gasteiger partial charge is 0.428 e. The average Bonchev–Trinajstić information content (AvgIpc) is 2.90. The van der Waals surface area contributed by atoms with Crippen LogP contribution in [0.3, 0.4) is 0 Å². The summed E-state index contributed by atoms with van der Waals surface area (Å²) in [6.45, 7) is 4.01. The first-order valence-electron chi connectivity index (χ1n) is 12.5. The third-order valence-electron chi connectivity index (χ3n) is 6.68. The molecule has 0 aliphatic carbocycles. The molecule has 0 aromatic heterocycles. The summed E-state index contributed by atoms with van der Waals surface area (Å²) in [5, 5.41) is 16.3. The number of halogens is 3. The van der Waals surface area contributed by atoms with Gasteiger partial charge in [0.25, 0.3) is 0 Å². The Hall–Kier alpha value is -3.11. The van der Waals surface area contributed by atoms with E-state index in [1.54, 1.807) is 30.3 Å². The van der Waals surface area contributed by atoms with Gasteiger partial charge in [-0.2, -0.15) is 13.2 Å². The lowest BCUT2D eigenvalue weighted by Gasteiger charge is -2.32. The number of carbonyl (C=O) groups is 1. The molecule has 0 bridgehead atoms. The fraction of sp³-hybridized carbons (Fsp3) is 0.481. The fourth-order valence-corrected chi connectivity index (χ4v) is 4.53. The van der Waals surface area contributed by atoms with Crippen LogP contribution < -0.4 is 20.7 Å². The van der Waals surface area contributed by atoms with Crippen LogP contribution in [0.5, 0.6) is 5.75 Å². The van der Waals surface area contributed by atoms with Crippen LogP contribution in [-0.4, -0.2) is 69.1 Å². The lowest BCUT2D eigenvalue weighted by Crippen LogP contribution is -2.42. The zero-order valence-electron chi connectivity index (χ0n) is 21.3. The van der Waals surface area contributed by atoms with Gasteiger partial charge in [0, 0.05) is 37.3 Å². The minimum Gasteiger partial charge on any atom is -0.496 e. The number of likely N-dealkylation sites (N-methyl/N-ethyl adjacent to an activating group) is 1. The van der Waals surface area contributed by atoms with Crippen molar-refractivity contribution in [2.24, 2.45) is 0 Å². The maximum Gasteiger partial charge on any atom is 0.428 e. The Labute approximate surface area is 216 Å². The number of nitrogens with zero attached hydrogens (tertiary/aromatic N) is 1. The molecular weight excluding hydrogens is 483 g/mol. The van der Waals surface area contributed by atoms with Gasteiger partial charge in [0.15, 0.2) is 0 Å². The number of hydrogen-bond acceptors (Lipinski definition) is 6. The normalized spacial score (nSPS) is 15.7. The summed E-state index contributed by atoms with van der Waals surface area (Å²) < 4.78 is 44.8. The summed E-state index contributed by atoms with van der Waals surface area (Å²) in [4.78, 5) is 15.4. The monoisotopic (exact) mass is 519 g/mol. The fourth-order valence-electron chi connectivity index (χ4n) is 4.53. The van der Waals surface area contributed by atoms with E-state index >= 15 is 0 Å². The van der Waals surface area contributed by atoms with E-state index in [0.29, 0.717) is 22.9 Å². The van der Waals surface area contributed by atoms with Gasteiger partial charge in [-0.3, -0.25) is 4.79 Å². The number of rotatable bonds is 12. The number of methoxy groups -OCH3 is 1. The van der Waals surface area contributed by atoms with Gasteiger partial charge in [0.1, 0.15) is 17.5 Å². The van der Waals surface area contributed by atoms with Crippen molar-refractivity contribution >= 4 is 17.3 Å². The molecule has 0 saturated carbocycles. The van der Waals surface area contributed by atoms with E-state index in [4.69, 9.17) is 10.1 Å². The first-order valence-corrected chi connectivity index (χ1v) is 12.5. The third kappa shape index (κ3) is 8.46. The molecule has 1 aliphatic heterocycles.